The highest BCUT2D eigenvalue weighted by Crippen LogP contribution is 2.25. The summed E-state index contributed by atoms with van der Waals surface area (Å²) in [5.41, 5.74) is 0.436. The van der Waals surface area contributed by atoms with Crippen LogP contribution in [0.2, 0.25) is 0 Å². The van der Waals surface area contributed by atoms with Crippen molar-refractivity contribution in [3.05, 3.63) is 0 Å². The summed E-state index contributed by atoms with van der Waals surface area (Å²) < 4.78 is 5.96. The second kappa shape index (κ2) is 7.38. The summed E-state index contributed by atoms with van der Waals surface area (Å²) in [5.74, 6) is 0.762. The molecule has 0 heterocycles. The number of ether oxygens (including phenoxy) is 1. The first-order chi connectivity index (χ1) is 7.99. The van der Waals surface area contributed by atoms with E-state index in [1.165, 1.54) is 32.1 Å². The maximum atomic E-state index is 5.96. The highest BCUT2D eigenvalue weighted by atomic mass is 16.5. The third-order valence-corrected chi connectivity index (χ3v) is 3.70. The average molecular weight is 241 g/mol. The zero-order valence-corrected chi connectivity index (χ0v) is 12.2. The predicted octanol–water partition coefficient (Wildman–Crippen LogP) is 3.61. The van der Waals surface area contributed by atoms with Crippen molar-refractivity contribution in [2.75, 3.05) is 19.7 Å². The van der Waals surface area contributed by atoms with Crippen molar-refractivity contribution in [1.29, 1.82) is 0 Å². The molecule has 2 nitrogen and oxygen atoms in total. The Balaban J connectivity index is 1.96. The Morgan fingerprint density at radius 2 is 1.82 bits per heavy atom. The van der Waals surface area contributed by atoms with Crippen LogP contribution in [0, 0.1) is 11.3 Å². The molecular formula is C15H31NO. The van der Waals surface area contributed by atoms with Crippen molar-refractivity contribution < 1.29 is 4.74 Å². The quantitative estimate of drug-likeness (QED) is 0.717. The summed E-state index contributed by atoms with van der Waals surface area (Å²) in [6.07, 6.45) is 7.11. The van der Waals surface area contributed by atoms with Gasteiger partial charge < -0.3 is 10.1 Å². The van der Waals surface area contributed by atoms with E-state index in [4.69, 9.17) is 4.74 Å². The lowest BCUT2D eigenvalue weighted by molar-refractivity contribution is -0.00323. The molecule has 2 atom stereocenters. The molecule has 0 spiro atoms. The van der Waals surface area contributed by atoms with Gasteiger partial charge in [-0.1, -0.05) is 40.5 Å². The lowest BCUT2D eigenvalue weighted by Crippen LogP contribution is -2.30. The van der Waals surface area contributed by atoms with Gasteiger partial charge in [0.25, 0.3) is 0 Å². The highest BCUT2D eigenvalue weighted by molar-refractivity contribution is 4.72. The monoisotopic (exact) mass is 241 g/mol. The van der Waals surface area contributed by atoms with Crippen LogP contribution in [0.5, 0.6) is 0 Å². The molecule has 0 aliphatic heterocycles. The number of rotatable bonds is 6. The van der Waals surface area contributed by atoms with Crippen LogP contribution in [0.1, 0.15) is 59.8 Å². The van der Waals surface area contributed by atoms with E-state index >= 15 is 0 Å². The van der Waals surface area contributed by atoms with Gasteiger partial charge in [-0.25, -0.2) is 0 Å². The topological polar surface area (TPSA) is 21.3 Å². The van der Waals surface area contributed by atoms with Crippen LogP contribution in [0.4, 0.5) is 0 Å². The van der Waals surface area contributed by atoms with E-state index in [2.05, 4.69) is 33.0 Å². The minimum absolute atomic E-state index is 0.436. The standard InChI is InChI=1S/C15H31NO/c1-13-7-5-6-8-14(13)17-12-11-16-10-9-15(2,3)4/h13-14,16H,5-12H2,1-4H3. The van der Waals surface area contributed by atoms with Gasteiger partial charge in [0.05, 0.1) is 12.7 Å². The van der Waals surface area contributed by atoms with Gasteiger partial charge in [-0.05, 0) is 37.1 Å². The Morgan fingerprint density at radius 3 is 2.47 bits per heavy atom. The first-order valence-electron chi connectivity index (χ1n) is 7.31. The Hall–Kier alpha value is -0.0800. The van der Waals surface area contributed by atoms with Crippen molar-refractivity contribution in [1.82, 2.24) is 5.32 Å². The molecule has 2 heteroatoms. The molecule has 0 aromatic carbocycles. The fourth-order valence-electron chi connectivity index (χ4n) is 2.40. The molecule has 1 saturated carbocycles. The molecule has 0 amide bonds. The van der Waals surface area contributed by atoms with Gasteiger partial charge in [0.15, 0.2) is 0 Å². The summed E-state index contributed by atoms with van der Waals surface area (Å²) >= 11 is 0. The van der Waals surface area contributed by atoms with E-state index in [1.807, 2.05) is 0 Å². The largest absolute Gasteiger partial charge is 0.377 e. The molecule has 1 fully saturated rings. The van der Waals surface area contributed by atoms with Gasteiger partial charge in [0.2, 0.25) is 0 Å². The second-order valence-corrected chi connectivity index (χ2v) is 6.73. The van der Waals surface area contributed by atoms with Crippen molar-refractivity contribution in [2.24, 2.45) is 11.3 Å². The van der Waals surface area contributed by atoms with E-state index < -0.39 is 0 Å². The molecule has 1 N–H and O–H groups in total. The lowest BCUT2D eigenvalue weighted by Gasteiger charge is -2.28. The van der Waals surface area contributed by atoms with Crippen LogP contribution in [-0.2, 0) is 4.74 Å². The van der Waals surface area contributed by atoms with Crippen molar-refractivity contribution in [2.45, 2.75) is 65.9 Å². The second-order valence-electron chi connectivity index (χ2n) is 6.73. The third-order valence-electron chi connectivity index (χ3n) is 3.70. The molecule has 0 saturated heterocycles. The first-order valence-corrected chi connectivity index (χ1v) is 7.31. The van der Waals surface area contributed by atoms with Crippen LogP contribution in [0.25, 0.3) is 0 Å². The fraction of sp³-hybridized carbons (Fsp3) is 1.00. The minimum atomic E-state index is 0.436. The molecule has 2 unspecified atom stereocenters. The number of nitrogens with one attached hydrogen (secondary N) is 1. The van der Waals surface area contributed by atoms with Gasteiger partial charge in [-0.3, -0.25) is 0 Å². The van der Waals surface area contributed by atoms with Crippen molar-refractivity contribution in [3.8, 4) is 0 Å². The van der Waals surface area contributed by atoms with E-state index in [1.54, 1.807) is 0 Å². The van der Waals surface area contributed by atoms with Gasteiger partial charge >= 0.3 is 0 Å². The Kier molecular flexibility index (Phi) is 6.50. The molecule has 1 aliphatic carbocycles. The smallest absolute Gasteiger partial charge is 0.0601 e. The molecule has 0 radical (unpaired) electrons. The van der Waals surface area contributed by atoms with E-state index in [-0.39, 0.29) is 0 Å². The van der Waals surface area contributed by atoms with Gasteiger partial charge in [0.1, 0.15) is 0 Å². The van der Waals surface area contributed by atoms with E-state index in [9.17, 15) is 0 Å². The number of hydrogen-bond acceptors (Lipinski definition) is 2. The van der Waals surface area contributed by atoms with E-state index in [0.717, 1.165) is 25.6 Å². The van der Waals surface area contributed by atoms with Crippen LogP contribution in [0.3, 0.4) is 0 Å². The Labute approximate surface area is 108 Å². The molecular weight excluding hydrogens is 210 g/mol. The van der Waals surface area contributed by atoms with E-state index in [0.29, 0.717) is 11.5 Å². The summed E-state index contributed by atoms with van der Waals surface area (Å²) in [5, 5.41) is 3.47. The van der Waals surface area contributed by atoms with Crippen LogP contribution >= 0.6 is 0 Å². The minimum Gasteiger partial charge on any atom is -0.377 e. The van der Waals surface area contributed by atoms with Crippen molar-refractivity contribution >= 4 is 0 Å². The summed E-state index contributed by atoms with van der Waals surface area (Å²) in [6, 6.07) is 0. The summed E-state index contributed by atoms with van der Waals surface area (Å²) in [6.45, 7) is 12.2. The predicted molar refractivity (Wildman–Crippen MR) is 74.3 cm³/mol. The lowest BCUT2D eigenvalue weighted by atomic mass is 9.88. The first kappa shape index (κ1) is 15.0. The van der Waals surface area contributed by atoms with Crippen LogP contribution in [0.15, 0.2) is 0 Å². The molecule has 1 aliphatic rings. The molecule has 0 aromatic heterocycles. The normalized spacial score (nSPS) is 26.1. The van der Waals surface area contributed by atoms with Gasteiger partial charge in [-0.15, -0.1) is 0 Å². The zero-order chi connectivity index (χ0) is 12.7. The zero-order valence-electron chi connectivity index (χ0n) is 12.2. The Morgan fingerprint density at radius 1 is 1.12 bits per heavy atom. The van der Waals surface area contributed by atoms with Crippen LogP contribution < -0.4 is 5.32 Å². The van der Waals surface area contributed by atoms with Gasteiger partial charge in [-0.2, -0.15) is 0 Å². The van der Waals surface area contributed by atoms with Crippen molar-refractivity contribution in [3.63, 3.8) is 0 Å². The highest BCUT2D eigenvalue weighted by Gasteiger charge is 2.21. The third kappa shape index (κ3) is 7.05. The fourth-order valence-corrected chi connectivity index (χ4v) is 2.40. The van der Waals surface area contributed by atoms with Gasteiger partial charge in [0, 0.05) is 6.54 Å². The Bertz CT molecular complexity index is 198. The molecule has 1 rings (SSSR count). The summed E-state index contributed by atoms with van der Waals surface area (Å²) in [7, 11) is 0. The molecule has 102 valence electrons. The van der Waals surface area contributed by atoms with Crippen LogP contribution in [-0.4, -0.2) is 25.8 Å². The SMILES string of the molecule is CC1CCCCC1OCCNCCC(C)(C)C. The molecule has 0 bridgehead atoms. The number of hydrogen-bond donors (Lipinski definition) is 1. The maximum absolute atomic E-state index is 5.96. The maximum Gasteiger partial charge on any atom is 0.0601 e. The summed E-state index contributed by atoms with van der Waals surface area (Å²) in [4.78, 5) is 0. The molecule has 17 heavy (non-hydrogen) atoms. The molecule has 0 aromatic rings. The average Bonchev–Trinajstić information content (AvgIpc) is 2.24.